The number of nitrogens with zero attached hydrogens (tertiary/aromatic N) is 1. The van der Waals surface area contributed by atoms with Gasteiger partial charge in [0.15, 0.2) is 0 Å². The third-order valence-corrected chi connectivity index (χ3v) is 6.34. The van der Waals surface area contributed by atoms with Crippen molar-refractivity contribution in [2.75, 3.05) is 18.8 Å². The fraction of sp³-hybridized carbons (Fsp3) is 0.538. The fourth-order valence-corrected chi connectivity index (χ4v) is 4.87. The Morgan fingerprint density at radius 3 is 2.25 bits per heavy atom. The Morgan fingerprint density at radius 1 is 1.10 bits per heavy atom. The van der Waals surface area contributed by atoms with Gasteiger partial charge in [-0.15, -0.1) is 0 Å². The van der Waals surface area contributed by atoms with Crippen molar-refractivity contribution in [2.24, 2.45) is 0 Å². The SMILES string of the molecule is Nc1cc(S(=O)(=O)N2CCCCCCC2)c(Br)cc1F. The van der Waals surface area contributed by atoms with Gasteiger partial charge in [-0.3, -0.25) is 0 Å². The topological polar surface area (TPSA) is 63.4 Å². The van der Waals surface area contributed by atoms with Gasteiger partial charge in [0.1, 0.15) is 5.82 Å². The van der Waals surface area contributed by atoms with Crippen molar-refractivity contribution in [1.29, 1.82) is 0 Å². The monoisotopic (exact) mass is 364 g/mol. The van der Waals surface area contributed by atoms with Crippen molar-refractivity contribution >= 4 is 31.6 Å². The van der Waals surface area contributed by atoms with E-state index < -0.39 is 15.8 Å². The first-order chi connectivity index (χ1) is 9.43. The summed E-state index contributed by atoms with van der Waals surface area (Å²) >= 11 is 3.12. The largest absolute Gasteiger partial charge is 0.396 e. The molecule has 4 nitrogen and oxygen atoms in total. The van der Waals surface area contributed by atoms with Crippen molar-refractivity contribution in [3.8, 4) is 0 Å². The number of sulfonamides is 1. The normalized spacial score (nSPS) is 18.5. The Kier molecular flexibility index (Phi) is 5.04. The molecule has 1 aromatic carbocycles. The first kappa shape index (κ1) is 15.7. The van der Waals surface area contributed by atoms with Crippen LogP contribution in [0.1, 0.15) is 32.1 Å². The van der Waals surface area contributed by atoms with Gasteiger partial charge in [0, 0.05) is 17.6 Å². The Hall–Kier alpha value is -0.660. The minimum atomic E-state index is -3.63. The summed E-state index contributed by atoms with van der Waals surface area (Å²) in [7, 11) is -3.63. The van der Waals surface area contributed by atoms with Crippen LogP contribution in [0.5, 0.6) is 0 Å². The van der Waals surface area contributed by atoms with E-state index in [4.69, 9.17) is 5.73 Å². The minimum absolute atomic E-state index is 0.0389. The van der Waals surface area contributed by atoms with Gasteiger partial charge in [0.05, 0.1) is 10.6 Å². The molecule has 112 valence electrons. The summed E-state index contributed by atoms with van der Waals surface area (Å²) in [5.74, 6) is -0.622. The highest BCUT2D eigenvalue weighted by molar-refractivity contribution is 9.10. The summed E-state index contributed by atoms with van der Waals surface area (Å²) in [5, 5.41) is 0. The number of rotatable bonds is 2. The molecule has 20 heavy (non-hydrogen) atoms. The molecular weight excluding hydrogens is 347 g/mol. The Morgan fingerprint density at radius 2 is 1.65 bits per heavy atom. The molecule has 2 N–H and O–H groups in total. The van der Waals surface area contributed by atoms with Crippen molar-refractivity contribution in [1.82, 2.24) is 4.31 Å². The molecule has 1 aliphatic heterocycles. The average molecular weight is 365 g/mol. The van der Waals surface area contributed by atoms with E-state index in [2.05, 4.69) is 15.9 Å². The molecule has 0 spiro atoms. The van der Waals surface area contributed by atoms with Crippen LogP contribution in [-0.2, 0) is 10.0 Å². The molecule has 0 saturated carbocycles. The molecule has 0 unspecified atom stereocenters. The molecule has 1 heterocycles. The first-order valence-electron chi connectivity index (χ1n) is 6.67. The fourth-order valence-electron chi connectivity index (χ4n) is 2.34. The molecular formula is C13H18BrFN2O2S. The molecule has 1 aliphatic rings. The van der Waals surface area contributed by atoms with Crippen LogP contribution in [0.4, 0.5) is 10.1 Å². The second-order valence-electron chi connectivity index (χ2n) is 4.98. The quantitative estimate of drug-likeness (QED) is 0.819. The number of nitrogen functional groups attached to an aromatic ring is 1. The highest BCUT2D eigenvalue weighted by Crippen LogP contribution is 2.30. The van der Waals surface area contributed by atoms with Crippen LogP contribution in [0, 0.1) is 5.82 Å². The van der Waals surface area contributed by atoms with Gasteiger partial charge < -0.3 is 5.73 Å². The Bertz CT molecular complexity index is 584. The van der Waals surface area contributed by atoms with E-state index in [1.165, 1.54) is 10.4 Å². The number of benzene rings is 1. The molecule has 0 aromatic heterocycles. The van der Waals surface area contributed by atoms with Crippen LogP contribution in [0.2, 0.25) is 0 Å². The Labute approximate surface area is 127 Å². The highest BCUT2D eigenvalue weighted by Gasteiger charge is 2.27. The summed E-state index contributed by atoms with van der Waals surface area (Å²) < 4.78 is 40.3. The summed E-state index contributed by atoms with van der Waals surface area (Å²) in [6, 6.07) is 2.29. The van der Waals surface area contributed by atoms with Crippen LogP contribution in [0.3, 0.4) is 0 Å². The first-order valence-corrected chi connectivity index (χ1v) is 8.91. The molecule has 0 radical (unpaired) electrons. The molecule has 0 aliphatic carbocycles. The number of anilines is 1. The minimum Gasteiger partial charge on any atom is -0.396 e. The molecule has 2 rings (SSSR count). The van der Waals surface area contributed by atoms with Gasteiger partial charge in [0.2, 0.25) is 10.0 Å². The lowest BCUT2D eigenvalue weighted by molar-refractivity contribution is 0.364. The maximum absolute atomic E-state index is 13.3. The molecule has 1 saturated heterocycles. The standard InChI is InChI=1S/C13H18BrFN2O2S/c14-10-8-11(15)12(16)9-13(10)20(18,19)17-6-4-2-1-3-5-7-17/h8-9H,1-7,16H2. The smallest absolute Gasteiger partial charge is 0.244 e. The summed E-state index contributed by atoms with van der Waals surface area (Å²) in [5.41, 5.74) is 5.34. The third kappa shape index (κ3) is 3.32. The van der Waals surface area contributed by atoms with E-state index >= 15 is 0 Å². The molecule has 1 fully saturated rings. The van der Waals surface area contributed by atoms with Gasteiger partial charge in [0.25, 0.3) is 0 Å². The van der Waals surface area contributed by atoms with Crippen LogP contribution >= 0.6 is 15.9 Å². The van der Waals surface area contributed by atoms with E-state index in [1.54, 1.807) is 0 Å². The van der Waals surface area contributed by atoms with Crippen molar-refractivity contribution < 1.29 is 12.8 Å². The van der Waals surface area contributed by atoms with Crippen LogP contribution in [-0.4, -0.2) is 25.8 Å². The molecule has 0 atom stereocenters. The van der Waals surface area contributed by atoms with E-state index in [9.17, 15) is 12.8 Å². The molecule has 0 bridgehead atoms. The zero-order valence-corrected chi connectivity index (χ0v) is 13.5. The number of nitrogens with two attached hydrogens (primary N) is 1. The van der Waals surface area contributed by atoms with Gasteiger partial charge in [-0.2, -0.15) is 4.31 Å². The van der Waals surface area contributed by atoms with Crippen molar-refractivity contribution in [3.05, 3.63) is 22.4 Å². The lowest BCUT2D eigenvalue weighted by Crippen LogP contribution is -2.34. The van der Waals surface area contributed by atoms with Crippen LogP contribution in [0.25, 0.3) is 0 Å². The van der Waals surface area contributed by atoms with Crippen LogP contribution < -0.4 is 5.73 Å². The summed E-state index contributed by atoms with van der Waals surface area (Å²) in [6.07, 6.45) is 4.94. The number of halogens is 2. The van der Waals surface area contributed by atoms with Gasteiger partial charge >= 0.3 is 0 Å². The van der Waals surface area contributed by atoms with Gasteiger partial charge in [-0.25, -0.2) is 12.8 Å². The summed E-state index contributed by atoms with van der Waals surface area (Å²) in [4.78, 5) is 0.0389. The van der Waals surface area contributed by atoms with E-state index in [0.717, 1.165) is 38.2 Å². The lowest BCUT2D eigenvalue weighted by atomic mass is 10.1. The third-order valence-electron chi connectivity index (χ3n) is 3.48. The second kappa shape index (κ2) is 6.41. The highest BCUT2D eigenvalue weighted by atomic mass is 79.9. The second-order valence-corrected chi connectivity index (χ2v) is 7.74. The molecule has 7 heteroatoms. The molecule has 0 amide bonds. The van der Waals surface area contributed by atoms with E-state index in [0.29, 0.717) is 13.1 Å². The van der Waals surface area contributed by atoms with Gasteiger partial charge in [-0.05, 0) is 40.9 Å². The number of hydrogen-bond acceptors (Lipinski definition) is 3. The zero-order valence-electron chi connectivity index (χ0n) is 11.1. The predicted molar refractivity (Wildman–Crippen MR) is 80.4 cm³/mol. The average Bonchev–Trinajstić information content (AvgIpc) is 2.32. The van der Waals surface area contributed by atoms with Gasteiger partial charge in [-0.1, -0.05) is 19.3 Å². The maximum atomic E-state index is 13.3. The predicted octanol–water partition coefficient (Wildman–Crippen LogP) is 3.13. The number of hydrogen-bond donors (Lipinski definition) is 1. The molecule has 1 aromatic rings. The van der Waals surface area contributed by atoms with Crippen molar-refractivity contribution in [2.45, 2.75) is 37.0 Å². The zero-order chi connectivity index (χ0) is 14.8. The van der Waals surface area contributed by atoms with E-state index in [-0.39, 0.29) is 15.1 Å². The van der Waals surface area contributed by atoms with Crippen LogP contribution in [0.15, 0.2) is 21.5 Å². The maximum Gasteiger partial charge on any atom is 0.244 e. The Balaban J connectivity index is 2.35. The lowest BCUT2D eigenvalue weighted by Gasteiger charge is -2.24. The summed E-state index contributed by atoms with van der Waals surface area (Å²) in [6.45, 7) is 1.01. The van der Waals surface area contributed by atoms with E-state index in [1.807, 2.05) is 0 Å². The van der Waals surface area contributed by atoms with Crippen molar-refractivity contribution in [3.63, 3.8) is 0 Å².